The van der Waals surface area contributed by atoms with Crippen LogP contribution in [0.25, 0.3) is 0 Å². The lowest BCUT2D eigenvalue weighted by molar-refractivity contribution is -0.129. The van der Waals surface area contributed by atoms with Crippen LogP contribution in [0.1, 0.15) is 0 Å². The molecule has 1 aromatic rings. The van der Waals surface area contributed by atoms with E-state index < -0.39 is 27.7 Å². The van der Waals surface area contributed by atoms with Crippen molar-refractivity contribution < 1.29 is 17.6 Å². The van der Waals surface area contributed by atoms with Crippen LogP contribution in [0.5, 0.6) is 0 Å². The number of fused-ring (bicyclic) bond motifs is 1. The van der Waals surface area contributed by atoms with Gasteiger partial charge in [-0.05, 0) is 30.4 Å². The SMILES string of the molecule is CN(C)C(=O)CN1C(=S)N(c2ccc(Br)cc2F)[C@@H]2CS(=O)(=O)C[C@H]21. The standard InChI is InChI=1S/C15H17BrFN3O3S2/c1-18(2)14(21)6-19-12-7-25(22,23)8-13(12)20(15(19)24)11-4-3-9(16)5-10(11)17/h3-5,12-13H,6-8H2,1-2H3/t12-,13-/m1/s1. The van der Waals surface area contributed by atoms with E-state index in [4.69, 9.17) is 12.2 Å². The van der Waals surface area contributed by atoms with Gasteiger partial charge in [0, 0.05) is 18.6 Å². The van der Waals surface area contributed by atoms with Gasteiger partial charge in [-0.3, -0.25) is 4.79 Å². The first kappa shape index (κ1) is 18.5. The van der Waals surface area contributed by atoms with Crippen LogP contribution in [0, 0.1) is 5.82 Å². The lowest BCUT2D eigenvalue weighted by Crippen LogP contribution is -2.44. The third kappa shape index (κ3) is 3.39. The normalized spacial score (nSPS) is 24.6. The molecule has 2 atom stereocenters. The molecular formula is C15H17BrFN3O3S2. The molecule has 0 aromatic heterocycles. The van der Waals surface area contributed by atoms with Gasteiger partial charge in [-0.15, -0.1) is 0 Å². The summed E-state index contributed by atoms with van der Waals surface area (Å²) in [5, 5.41) is 0.279. The number of sulfone groups is 1. The molecule has 25 heavy (non-hydrogen) atoms. The van der Waals surface area contributed by atoms with Crippen molar-refractivity contribution in [2.75, 3.05) is 37.0 Å². The monoisotopic (exact) mass is 449 g/mol. The summed E-state index contributed by atoms with van der Waals surface area (Å²) < 4.78 is 39.3. The van der Waals surface area contributed by atoms with E-state index in [2.05, 4.69) is 15.9 Å². The van der Waals surface area contributed by atoms with E-state index in [1.807, 2.05) is 0 Å². The number of likely N-dealkylation sites (N-methyl/N-ethyl adjacent to an activating group) is 1. The van der Waals surface area contributed by atoms with Crippen molar-refractivity contribution in [3.8, 4) is 0 Å². The van der Waals surface area contributed by atoms with Crippen molar-refractivity contribution >= 4 is 54.7 Å². The summed E-state index contributed by atoms with van der Waals surface area (Å²) in [4.78, 5) is 16.7. The van der Waals surface area contributed by atoms with Crippen LogP contribution in [0.3, 0.4) is 0 Å². The maximum atomic E-state index is 14.5. The summed E-state index contributed by atoms with van der Waals surface area (Å²) in [6.45, 7) is -0.0306. The highest BCUT2D eigenvalue weighted by Gasteiger charge is 2.52. The van der Waals surface area contributed by atoms with E-state index in [1.165, 1.54) is 15.9 Å². The number of carbonyl (C=O) groups is 1. The van der Waals surface area contributed by atoms with Gasteiger partial charge in [-0.2, -0.15) is 0 Å². The molecule has 0 aliphatic carbocycles. The molecule has 0 saturated carbocycles. The fourth-order valence-electron chi connectivity index (χ4n) is 3.21. The van der Waals surface area contributed by atoms with Crippen LogP contribution in [-0.2, 0) is 14.6 Å². The number of benzene rings is 1. The predicted octanol–water partition coefficient (Wildman–Crippen LogP) is 1.25. The van der Waals surface area contributed by atoms with Crippen LogP contribution in [0.4, 0.5) is 10.1 Å². The molecule has 0 bridgehead atoms. The smallest absolute Gasteiger partial charge is 0.241 e. The molecule has 2 saturated heterocycles. The van der Waals surface area contributed by atoms with Gasteiger partial charge in [0.15, 0.2) is 14.9 Å². The van der Waals surface area contributed by atoms with Crippen LogP contribution >= 0.6 is 28.1 Å². The molecular weight excluding hydrogens is 433 g/mol. The Morgan fingerprint density at radius 1 is 1.36 bits per heavy atom. The summed E-state index contributed by atoms with van der Waals surface area (Å²) >= 11 is 8.69. The van der Waals surface area contributed by atoms with Crippen molar-refractivity contribution in [1.29, 1.82) is 0 Å². The second-order valence-electron chi connectivity index (χ2n) is 6.38. The molecule has 1 amide bonds. The van der Waals surface area contributed by atoms with E-state index in [0.29, 0.717) is 4.47 Å². The Kier molecular flexibility index (Phi) is 4.80. The second-order valence-corrected chi connectivity index (χ2v) is 9.81. The number of nitrogens with zero attached hydrogens (tertiary/aromatic N) is 3. The van der Waals surface area contributed by atoms with Gasteiger partial charge < -0.3 is 14.7 Å². The highest BCUT2D eigenvalue weighted by Crippen LogP contribution is 2.36. The van der Waals surface area contributed by atoms with Crippen LogP contribution < -0.4 is 4.90 Å². The minimum Gasteiger partial charge on any atom is -0.347 e. The lowest BCUT2D eigenvalue weighted by atomic mass is 10.1. The second kappa shape index (κ2) is 6.48. The summed E-state index contributed by atoms with van der Waals surface area (Å²) in [5.74, 6) is -0.892. The highest BCUT2D eigenvalue weighted by molar-refractivity contribution is 9.10. The Morgan fingerprint density at radius 2 is 2.00 bits per heavy atom. The van der Waals surface area contributed by atoms with Gasteiger partial charge in [-0.25, -0.2) is 12.8 Å². The van der Waals surface area contributed by atoms with Crippen molar-refractivity contribution in [3.05, 3.63) is 28.5 Å². The number of hydrogen-bond donors (Lipinski definition) is 0. The molecule has 0 radical (unpaired) electrons. The zero-order chi connectivity index (χ0) is 18.5. The van der Waals surface area contributed by atoms with Crippen LogP contribution in [0.15, 0.2) is 22.7 Å². The van der Waals surface area contributed by atoms with Gasteiger partial charge in [0.05, 0.1) is 35.8 Å². The Hall–Kier alpha value is -1.26. The summed E-state index contributed by atoms with van der Waals surface area (Å²) in [6, 6.07) is 3.59. The van der Waals surface area contributed by atoms with E-state index in [-0.39, 0.29) is 34.8 Å². The Labute approximate surface area is 159 Å². The van der Waals surface area contributed by atoms with Gasteiger partial charge in [0.1, 0.15) is 5.82 Å². The molecule has 0 N–H and O–H groups in total. The molecule has 0 unspecified atom stereocenters. The van der Waals surface area contributed by atoms with E-state index in [0.717, 1.165) is 0 Å². The largest absolute Gasteiger partial charge is 0.347 e. The van der Waals surface area contributed by atoms with Crippen LogP contribution in [-0.4, -0.2) is 73.5 Å². The number of rotatable bonds is 3. The third-order valence-electron chi connectivity index (χ3n) is 4.45. The molecule has 0 spiro atoms. The maximum absolute atomic E-state index is 14.5. The van der Waals surface area contributed by atoms with Gasteiger partial charge in [-0.1, -0.05) is 15.9 Å². The Balaban J connectivity index is 2.01. The van der Waals surface area contributed by atoms with Crippen molar-refractivity contribution in [2.24, 2.45) is 0 Å². The van der Waals surface area contributed by atoms with Gasteiger partial charge in [0.2, 0.25) is 5.91 Å². The van der Waals surface area contributed by atoms with E-state index in [9.17, 15) is 17.6 Å². The van der Waals surface area contributed by atoms with E-state index in [1.54, 1.807) is 31.1 Å². The zero-order valence-corrected chi connectivity index (χ0v) is 16.9. The number of thiocarbonyl (C=S) groups is 1. The topological polar surface area (TPSA) is 60.9 Å². The first-order valence-electron chi connectivity index (χ1n) is 7.56. The average Bonchev–Trinajstić information content (AvgIpc) is 2.92. The summed E-state index contributed by atoms with van der Waals surface area (Å²) in [7, 11) is -0.0364. The highest BCUT2D eigenvalue weighted by atomic mass is 79.9. The maximum Gasteiger partial charge on any atom is 0.241 e. The molecule has 2 aliphatic rings. The molecule has 2 aliphatic heterocycles. The lowest BCUT2D eigenvalue weighted by Gasteiger charge is -2.26. The minimum atomic E-state index is -3.28. The molecule has 2 fully saturated rings. The number of amides is 1. The number of halogens is 2. The molecule has 3 rings (SSSR count). The van der Waals surface area contributed by atoms with Crippen LogP contribution in [0.2, 0.25) is 0 Å². The molecule has 6 nitrogen and oxygen atoms in total. The van der Waals surface area contributed by atoms with Crippen molar-refractivity contribution in [1.82, 2.24) is 9.80 Å². The number of anilines is 1. The molecule has 2 heterocycles. The van der Waals surface area contributed by atoms with Crippen molar-refractivity contribution in [3.63, 3.8) is 0 Å². The fourth-order valence-corrected chi connectivity index (χ4v) is 5.92. The minimum absolute atomic E-state index is 0.0306. The fraction of sp³-hybridized carbons (Fsp3) is 0.467. The number of hydrogen-bond acceptors (Lipinski definition) is 4. The first-order chi connectivity index (χ1) is 11.6. The third-order valence-corrected chi connectivity index (χ3v) is 7.07. The predicted molar refractivity (Wildman–Crippen MR) is 101 cm³/mol. The molecule has 136 valence electrons. The summed E-state index contributed by atoms with van der Waals surface area (Å²) in [5.41, 5.74) is 0.222. The molecule has 1 aromatic carbocycles. The quantitative estimate of drug-likeness (QED) is 0.647. The zero-order valence-electron chi connectivity index (χ0n) is 13.6. The first-order valence-corrected chi connectivity index (χ1v) is 10.6. The van der Waals surface area contributed by atoms with Gasteiger partial charge in [0.25, 0.3) is 0 Å². The Bertz CT molecular complexity index is 846. The average molecular weight is 450 g/mol. The van der Waals surface area contributed by atoms with Crippen molar-refractivity contribution in [2.45, 2.75) is 12.1 Å². The number of carbonyl (C=O) groups excluding carboxylic acids is 1. The van der Waals surface area contributed by atoms with E-state index >= 15 is 0 Å². The molecule has 10 heteroatoms. The summed E-state index contributed by atoms with van der Waals surface area (Å²) in [6.07, 6.45) is 0. The Morgan fingerprint density at radius 3 is 2.60 bits per heavy atom. The van der Waals surface area contributed by atoms with Gasteiger partial charge >= 0.3 is 0 Å².